The van der Waals surface area contributed by atoms with Crippen molar-refractivity contribution in [2.45, 2.75) is 20.0 Å². The number of hydrogen-bond acceptors (Lipinski definition) is 3. The summed E-state index contributed by atoms with van der Waals surface area (Å²) in [5.74, 6) is -0.628. The molecule has 1 aromatic rings. The lowest BCUT2D eigenvalue weighted by Gasteiger charge is -2.11. The van der Waals surface area contributed by atoms with Gasteiger partial charge in [0.1, 0.15) is 0 Å². The molecule has 3 nitrogen and oxygen atoms in total. The Bertz CT molecular complexity index is 344. The highest BCUT2D eigenvalue weighted by atomic mass is 16.5. The zero-order valence-corrected chi connectivity index (χ0v) is 8.57. The van der Waals surface area contributed by atoms with Crippen LogP contribution in [0, 0.1) is 13.8 Å². The van der Waals surface area contributed by atoms with Crippen LogP contribution in [-0.2, 0) is 9.53 Å². The molecule has 0 amide bonds. The van der Waals surface area contributed by atoms with Crippen LogP contribution in [-0.4, -0.2) is 18.2 Å². The molecular formula is C11H14O3. The van der Waals surface area contributed by atoms with Crippen LogP contribution in [0.1, 0.15) is 22.8 Å². The van der Waals surface area contributed by atoms with Gasteiger partial charge < -0.3 is 9.84 Å². The standard InChI is InChI=1S/C11H14O3/c1-7-4-5-9(8(2)6-7)10(12)11(13)14-3/h4-6,10,12H,1-3H3. The van der Waals surface area contributed by atoms with E-state index in [4.69, 9.17) is 0 Å². The Morgan fingerprint density at radius 1 is 1.43 bits per heavy atom. The van der Waals surface area contributed by atoms with E-state index in [0.717, 1.165) is 11.1 Å². The van der Waals surface area contributed by atoms with Crippen LogP contribution in [0.15, 0.2) is 18.2 Å². The number of benzene rings is 1. The minimum absolute atomic E-state index is 0.599. The average Bonchev–Trinajstić information content (AvgIpc) is 2.15. The molecule has 76 valence electrons. The van der Waals surface area contributed by atoms with Gasteiger partial charge in [-0.3, -0.25) is 0 Å². The van der Waals surface area contributed by atoms with E-state index in [-0.39, 0.29) is 0 Å². The van der Waals surface area contributed by atoms with Gasteiger partial charge >= 0.3 is 5.97 Å². The van der Waals surface area contributed by atoms with Crippen molar-refractivity contribution in [1.82, 2.24) is 0 Å². The molecule has 0 aliphatic heterocycles. The Kier molecular flexibility index (Phi) is 3.25. The maximum Gasteiger partial charge on any atom is 0.339 e. The number of aliphatic hydroxyl groups excluding tert-OH is 1. The van der Waals surface area contributed by atoms with E-state index in [0.29, 0.717) is 5.56 Å². The first-order valence-electron chi connectivity index (χ1n) is 4.39. The molecule has 0 heterocycles. The molecule has 0 bridgehead atoms. The second kappa shape index (κ2) is 4.24. The van der Waals surface area contributed by atoms with Gasteiger partial charge in [-0.25, -0.2) is 4.79 Å². The number of carbonyl (C=O) groups is 1. The highest BCUT2D eigenvalue weighted by Crippen LogP contribution is 2.19. The molecule has 1 aromatic carbocycles. The molecule has 0 saturated carbocycles. The van der Waals surface area contributed by atoms with Crippen molar-refractivity contribution in [2.24, 2.45) is 0 Å². The fraction of sp³-hybridized carbons (Fsp3) is 0.364. The molecule has 0 aromatic heterocycles. The van der Waals surface area contributed by atoms with Crippen molar-refractivity contribution in [3.8, 4) is 0 Å². The van der Waals surface area contributed by atoms with Gasteiger partial charge in [0.05, 0.1) is 7.11 Å². The molecule has 14 heavy (non-hydrogen) atoms. The van der Waals surface area contributed by atoms with Crippen LogP contribution in [0.5, 0.6) is 0 Å². The summed E-state index contributed by atoms with van der Waals surface area (Å²) in [7, 11) is 1.26. The SMILES string of the molecule is COC(=O)C(O)c1ccc(C)cc1C. The van der Waals surface area contributed by atoms with Crippen LogP contribution in [0.25, 0.3) is 0 Å². The number of methoxy groups -OCH3 is 1. The summed E-state index contributed by atoms with van der Waals surface area (Å²) in [6.07, 6.45) is -1.18. The fourth-order valence-electron chi connectivity index (χ4n) is 1.37. The highest BCUT2D eigenvalue weighted by molar-refractivity contribution is 5.76. The van der Waals surface area contributed by atoms with E-state index in [1.807, 2.05) is 26.0 Å². The number of carbonyl (C=O) groups excluding carboxylic acids is 1. The Morgan fingerprint density at radius 3 is 2.57 bits per heavy atom. The van der Waals surface area contributed by atoms with Crippen molar-refractivity contribution in [3.05, 3.63) is 34.9 Å². The lowest BCUT2D eigenvalue weighted by molar-refractivity contribution is -0.150. The smallest absolute Gasteiger partial charge is 0.339 e. The molecule has 1 atom stereocenters. The monoisotopic (exact) mass is 194 g/mol. The second-order valence-corrected chi connectivity index (χ2v) is 3.29. The van der Waals surface area contributed by atoms with E-state index in [9.17, 15) is 9.90 Å². The van der Waals surface area contributed by atoms with Crippen LogP contribution < -0.4 is 0 Å². The van der Waals surface area contributed by atoms with Crippen molar-refractivity contribution in [2.75, 3.05) is 7.11 Å². The number of rotatable bonds is 2. The van der Waals surface area contributed by atoms with Crippen LogP contribution in [0.3, 0.4) is 0 Å². The van der Waals surface area contributed by atoms with Crippen LogP contribution >= 0.6 is 0 Å². The van der Waals surface area contributed by atoms with E-state index in [2.05, 4.69) is 4.74 Å². The largest absolute Gasteiger partial charge is 0.467 e. The number of aliphatic hydroxyl groups is 1. The van der Waals surface area contributed by atoms with Gasteiger partial charge in [0.25, 0.3) is 0 Å². The van der Waals surface area contributed by atoms with E-state index in [1.54, 1.807) is 6.07 Å². The van der Waals surface area contributed by atoms with E-state index in [1.165, 1.54) is 7.11 Å². The van der Waals surface area contributed by atoms with Gasteiger partial charge in [-0.05, 0) is 25.0 Å². The summed E-state index contributed by atoms with van der Waals surface area (Å²) < 4.78 is 4.46. The second-order valence-electron chi connectivity index (χ2n) is 3.29. The average molecular weight is 194 g/mol. The molecule has 1 rings (SSSR count). The van der Waals surface area contributed by atoms with Crippen LogP contribution in [0.4, 0.5) is 0 Å². The van der Waals surface area contributed by atoms with Gasteiger partial charge in [0, 0.05) is 0 Å². The Morgan fingerprint density at radius 2 is 2.07 bits per heavy atom. The molecule has 0 spiro atoms. The first-order chi connectivity index (χ1) is 6.56. The highest BCUT2D eigenvalue weighted by Gasteiger charge is 2.19. The first kappa shape index (κ1) is 10.7. The molecule has 1 unspecified atom stereocenters. The summed E-state index contributed by atoms with van der Waals surface area (Å²) in [6.45, 7) is 3.82. The predicted molar refractivity (Wildman–Crippen MR) is 52.9 cm³/mol. The number of esters is 1. The summed E-state index contributed by atoms with van der Waals surface area (Å²) in [4.78, 5) is 11.1. The number of ether oxygens (including phenoxy) is 1. The van der Waals surface area contributed by atoms with Crippen molar-refractivity contribution in [3.63, 3.8) is 0 Å². The van der Waals surface area contributed by atoms with Gasteiger partial charge in [-0.1, -0.05) is 23.8 Å². The first-order valence-corrected chi connectivity index (χ1v) is 4.39. The molecule has 0 fully saturated rings. The molecule has 3 heteroatoms. The Labute approximate surface area is 83.3 Å². The van der Waals surface area contributed by atoms with Gasteiger partial charge in [0.2, 0.25) is 0 Å². The minimum Gasteiger partial charge on any atom is -0.467 e. The zero-order chi connectivity index (χ0) is 10.7. The maximum atomic E-state index is 11.1. The van der Waals surface area contributed by atoms with Crippen molar-refractivity contribution < 1.29 is 14.6 Å². The number of aryl methyl sites for hydroxylation is 2. The number of hydrogen-bond donors (Lipinski definition) is 1. The van der Waals surface area contributed by atoms with E-state index >= 15 is 0 Å². The quantitative estimate of drug-likeness (QED) is 0.726. The molecule has 1 N–H and O–H groups in total. The Hall–Kier alpha value is -1.35. The Balaban J connectivity index is 3.01. The third-order valence-corrected chi connectivity index (χ3v) is 2.14. The normalized spacial score (nSPS) is 12.3. The van der Waals surface area contributed by atoms with Gasteiger partial charge in [-0.15, -0.1) is 0 Å². The molecular weight excluding hydrogens is 180 g/mol. The summed E-state index contributed by atoms with van der Waals surface area (Å²) in [5.41, 5.74) is 2.59. The fourth-order valence-corrected chi connectivity index (χ4v) is 1.37. The summed E-state index contributed by atoms with van der Waals surface area (Å²) in [5, 5.41) is 9.59. The van der Waals surface area contributed by atoms with Gasteiger partial charge in [-0.2, -0.15) is 0 Å². The summed E-state index contributed by atoms with van der Waals surface area (Å²) >= 11 is 0. The topological polar surface area (TPSA) is 46.5 Å². The lowest BCUT2D eigenvalue weighted by Crippen LogP contribution is -2.14. The summed E-state index contributed by atoms with van der Waals surface area (Å²) in [6, 6.07) is 5.52. The molecule has 0 radical (unpaired) electrons. The van der Waals surface area contributed by atoms with E-state index < -0.39 is 12.1 Å². The zero-order valence-electron chi connectivity index (χ0n) is 8.57. The molecule has 0 saturated heterocycles. The third-order valence-electron chi connectivity index (χ3n) is 2.14. The lowest BCUT2D eigenvalue weighted by atomic mass is 10.0. The minimum atomic E-state index is -1.18. The predicted octanol–water partition coefficient (Wildman–Crippen LogP) is 1.51. The molecule has 0 aliphatic carbocycles. The van der Waals surface area contributed by atoms with Gasteiger partial charge in [0.15, 0.2) is 6.10 Å². The van der Waals surface area contributed by atoms with Crippen LogP contribution in [0.2, 0.25) is 0 Å². The molecule has 0 aliphatic rings. The maximum absolute atomic E-state index is 11.1. The van der Waals surface area contributed by atoms with Crippen molar-refractivity contribution in [1.29, 1.82) is 0 Å². The van der Waals surface area contributed by atoms with Crippen molar-refractivity contribution >= 4 is 5.97 Å². The third kappa shape index (κ3) is 2.12.